The zero-order valence-electron chi connectivity index (χ0n) is 12.8. The van der Waals surface area contributed by atoms with E-state index in [0.717, 1.165) is 23.7 Å². The van der Waals surface area contributed by atoms with Crippen molar-refractivity contribution in [1.82, 2.24) is 20.0 Å². The first-order valence-electron chi connectivity index (χ1n) is 7.60. The molecule has 0 amide bonds. The topological polar surface area (TPSA) is 64.3 Å². The van der Waals surface area contributed by atoms with Crippen LogP contribution < -0.4 is 0 Å². The van der Waals surface area contributed by atoms with E-state index in [0.29, 0.717) is 24.9 Å². The van der Waals surface area contributed by atoms with Crippen LogP contribution in [0.15, 0.2) is 40.4 Å². The Morgan fingerprint density at radius 3 is 2.96 bits per heavy atom. The van der Waals surface area contributed by atoms with Crippen molar-refractivity contribution in [1.29, 1.82) is 0 Å². The maximum Gasteiger partial charge on any atom is 0.241 e. The van der Waals surface area contributed by atoms with Crippen LogP contribution in [0.3, 0.4) is 0 Å². The van der Waals surface area contributed by atoms with E-state index >= 15 is 0 Å². The van der Waals surface area contributed by atoms with Crippen LogP contribution in [0.5, 0.6) is 0 Å². The second-order valence-electron chi connectivity index (χ2n) is 5.48. The molecule has 0 radical (unpaired) electrons. The fourth-order valence-electron chi connectivity index (χ4n) is 2.62. The molecule has 2 aromatic heterocycles. The Morgan fingerprint density at radius 1 is 1.29 bits per heavy atom. The lowest BCUT2D eigenvalue weighted by molar-refractivity contribution is -0.0356. The van der Waals surface area contributed by atoms with Crippen LogP contribution in [-0.2, 0) is 11.3 Å². The molecule has 0 bridgehead atoms. The first-order valence-corrected chi connectivity index (χ1v) is 8.48. The number of rotatable bonds is 4. The first kappa shape index (κ1) is 15.4. The minimum Gasteiger partial charge on any atom is -0.368 e. The first-order chi connectivity index (χ1) is 11.8. The van der Waals surface area contributed by atoms with E-state index < -0.39 is 0 Å². The van der Waals surface area contributed by atoms with E-state index in [-0.39, 0.29) is 11.9 Å². The summed E-state index contributed by atoms with van der Waals surface area (Å²) in [6.07, 6.45) is 1.77. The maximum atomic E-state index is 13.0. The Kier molecular flexibility index (Phi) is 4.33. The summed E-state index contributed by atoms with van der Waals surface area (Å²) in [4.78, 5) is 10.9. The van der Waals surface area contributed by atoms with Crippen LogP contribution >= 0.6 is 11.3 Å². The predicted octanol–water partition coefficient (Wildman–Crippen LogP) is 2.91. The molecule has 1 fully saturated rings. The van der Waals surface area contributed by atoms with E-state index in [2.05, 4.69) is 20.0 Å². The van der Waals surface area contributed by atoms with Gasteiger partial charge in [0, 0.05) is 30.2 Å². The Balaban J connectivity index is 1.43. The minimum absolute atomic E-state index is 0.0155. The predicted molar refractivity (Wildman–Crippen MR) is 85.8 cm³/mol. The maximum absolute atomic E-state index is 13.0. The van der Waals surface area contributed by atoms with Gasteiger partial charge in [-0.05, 0) is 24.3 Å². The average molecular weight is 346 g/mol. The van der Waals surface area contributed by atoms with Gasteiger partial charge in [0.1, 0.15) is 16.9 Å². The zero-order valence-corrected chi connectivity index (χ0v) is 13.6. The molecular formula is C16H15FN4O2S. The third-order valence-electron chi connectivity index (χ3n) is 3.81. The quantitative estimate of drug-likeness (QED) is 0.724. The molecule has 3 heterocycles. The molecule has 0 saturated carbocycles. The van der Waals surface area contributed by atoms with E-state index in [4.69, 9.17) is 9.26 Å². The molecule has 3 aromatic rings. The van der Waals surface area contributed by atoms with Crippen molar-refractivity contribution < 1.29 is 13.7 Å². The fraction of sp³-hybridized carbons (Fsp3) is 0.312. The number of hydrogen-bond donors (Lipinski definition) is 0. The number of benzene rings is 1. The lowest BCUT2D eigenvalue weighted by atomic mass is 10.2. The Labute approximate surface area is 141 Å². The summed E-state index contributed by atoms with van der Waals surface area (Å²) >= 11 is 1.60. The molecule has 1 aliphatic rings. The molecule has 0 spiro atoms. The lowest BCUT2D eigenvalue weighted by Crippen LogP contribution is -2.37. The van der Waals surface area contributed by atoms with Crippen LogP contribution in [0.4, 0.5) is 4.39 Å². The van der Waals surface area contributed by atoms with Gasteiger partial charge in [0.15, 0.2) is 0 Å². The van der Waals surface area contributed by atoms with Gasteiger partial charge in [-0.15, -0.1) is 11.3 Å². The van der Waals surface area contributed by atoms with Gasteiger partial charge in [0.2, 0.25) is 11.7 Å². The highest BCUT2D eigenvalue weighted by Crippen LogP contribution is 2.25. The minimum atomic E-state index is -0.288. The van der Waals surface area contributed by atoms with Gasteiger partial charge in [-0.2, -0.15) is 4.98 Å². The lowest BCUT2D eigenvalue weighted by Gasteiger charge is -2.30. The van der Waals surface area contributed by atoms with Crippen LogP contribution in [0.1, 0.15) is 17.0 Å². The summed E-state index contributed by atoms with van der Waals surface area (Å²) in [6, 6.07) is 6.03. The number of nitrogens with zero attached hydrogens (tertiary/aromatic N) is 4. The average Bonchev–Trinajstić information content (AvgIpc) is 3.28. The molecule has 0 aliphatic carbocycles. The fourth-order valence-corrected chi connectivity index (χ4v) is 3.29. The molecule has 8 heteroatoms. The van der Waals surface area contributed by atoms with Crippen molar-refractivity contribution in [3.8, 4) is 11.4 Å². The second-order valence-corrected chi connectivity index (χ2v) is 6.41. The SMILES string of the molecule is Fc1ccc(-c2noc(CN3CCO[C@@H](c4nccs4)C3)n2)cc1. The molecule has 4 rings (SSSR count). The van der Waals surface area contributed by atoms with Crippen LogP contribution in [0.25, 0.3) is 11.4 Å². The largest absolute Gasteiger partial charge is 0.368 e. The third-order valence-corrected chi connectivity index (χ3v) is 4.67. The standard InChI is InChI=1S/C16H15FN4O2S/c17-12-3-1-11(2-4-12)15-19-14(23-20-15)10-21-6-7-22-13(9-21)16-18-5-8-24-16/h1-5,8,13H,6-7,9-10H2/t13-/m1/s1. The van der Waals surface area contributed by atoms with Gasteiger partial charge in [0.25, 0.3) is 0 Å². The molecule has 1 aromatic carbocycles. The number of thiazole rings is 1. The van der Waals surface area contributed by atoms with Gasteiger partial charge in [-0.25, -0.2) is 9.37 Å². The monoisotopic (exact) mass is 346 g/mol. The van der Waals surface area contributed by atoms with E-state index in [1.165, 1.54) is 12.1 Å². The second kappa shape index (κ2) is 6.76. The Morgan fingerprint density at radius 2 is 2.17 bits per heavy atom. The summed E-state index contributed by atoms with van der Waals surface area (Å²) in [5.41, 5.74) is 0.731. The van der Waals surface area contributed by atoms with Crippen molar-refractivity contribution in [2.24, 2.45) is 0 Å². The Hall–Kier alpha value is -2.16. The molecule has 6 nitrogen and oxygen atoms in total. The number of ether oxygens (including phenoxy) is 1. The van der Waals surface area contributed by atoms with Gasteiger partial charge in [-0.1, -0.05) is 5.16 Å². The summed E-state index contributed by atoms with van der Waals surface area (Å²) in [7, 11) is 0. The number of morpholine rings is 1. The normalized spacial score (nSPS) is 18.8. The zero-order chi connectivity index (χ0) is 16.4. The Bertz CT molecular complexity index is 791. The third kappa shape index (κ3) is 3.35. The molecule has 24 heavy (non-hydrogen) atoms. The molecule has 1 aliphatic heterocycles. The van der Waals surface area contributed by atoms with Crippen molar-refractivity contribution in [3.63, 3.8) is 0 Å². The van der Waals surface area contributed by atoms with Crippen molar-refractivity contribution >= 4 is 11.3 Å². The van der Waals surface area contributed by atoms with E-state index in [1.807, 2.05) is 5.38 Å². The number of hydrogen-bond acceptors (Lipinski definition) is 7. The van der Waals surface area contributed by atoms with Gasteiger partial charge in [0.05, 0.1) is 13.2 Å². The molecule has 1 saturated heterocycles. The highest BCUT2D eigenvalue weighted by Gasteiger charge is 2.25. The van der Waals surface area contributed by atoms with Gasteiger partial charge in [-0.3, -0.25) is 4.90 Å². The summed E-state index contributed by atoms with van der Waals surface area (Å²) in [6.45, 7) is 2.74. The molecular weight excluding hydrogens is 331 g/mol. The van der Waals surface area contributed by atoms with Crippen LogP contribution in [0, 0.1) is 5.82 Å². The molecule has 0 unspecified atom stereocenters. The molecule has 124 valence electrons. The highest BCUT2D eigenvalue weighted by atomic mass is 32.1. The summed E-state index contributed by atoms with van der Waals surface area (Å²) in [5, 5.41) is 6.91. The van der Waals surface area contributed by atoms with Crippen molar-refractivity contribution in [2.45, 2.75) is 12.6 Å². The highest BCUT2D eigenvalue weighted by molar-refractivity contribution is 7.09. The number of halogens is 1. The summed E-state index contributed by atoms with van der Waals surface area (Å²) in [5.74, 6) is 0.716. The van der Waals surface area contributed by atoms with Crippen LogP contribution in [-0.4, -0.2) is 39.7 Å². The molecule has 0 N–H and O–H groups in total. The molecule has 1 atom stereocenters. The van der Waals surface area contributed by atoms with Crippen LogP contribution in [0.2, 0.25) is 0 Å². The van der Waals surface area contributed by atoms with E-state index in [1.54, 1.807) is 29.7 Å². The van der Waals surface area contributed by atoms with Gasteiger partial charge < -0.3 is 9.26 Å². The summed E-state index contributed by atoms with van der Waals surface area (Å²) < 4.78 is 24.1. The smallest absolute Gasteiger partial charge is 0.241 e. The van der Waals surface area contributed by atoms with E-state index in [9.17, 15) is 4.39 Å². The van der Waals surface area contributed by atoms with Crippen molar-refractivity contribution in [3.05, 3.63) is 52.6 Å². The number of aromatic nitrogens is 3. The van der Waals surface area contributed by atoms with Crippen molar-refractivity contribution in [2.75, 3.05) is 19.7 Å². The van der Waals surface area contributed by atoms with Gasteiger partial charge >= 0.3 is 0 Å².